The zero-order valence-corrected chi connectivity index (χ0v) is 16.4. The Balaban J connectivity index is 1.82. The number of carbonyl (C=O) groups is 1. The molecule has 3 atom stereocenters. The van der Waals surface area contributed by atoms with Crippen LogP contribution in [0.1, 0.15) is 45.4 Å². The smallest absolute Gasteiger partial charge is 0.299 e. The number of halogens is 2. The summed E-state index contributed by atoms with van der Waals surface area (Å²) in [5.41, 5.74) is 0. The summed E-state index contributed by atoms with van der Waals surface area (Å²) in [4.78, 5) is 10.9. The molecule has 0 bridgehead atoms. The van der Waals surface area contributed by atoms with Crippen molar-refractivity contribution in [3.63, 3.8) is 0 Å². The van der Waals surface area contributed by atoms with Crippen molar-refractivity contribution in [1.29, 1.82) is 0 Å². The number of rotatable bonds is 11. The number of ketones is 1. The van der Waals surface area contributed by atoms with Gasteiger partial charge in [-0.25, -0.2) is 0 Å². The van der Waals surface area contributed by atoms with Gasteiger partial charge in [-0.1, -0.05) is 36.4 Å². The lowest BCUT2D eigenvalue weighted by molar-refractivity contribution is -0.117. The standard InChI is InChI=1S/C23H30F2O3/c1-18(26)9-5-2-3-8-12-21-19(13-14-22(21)27)15-16-23(24,25)17-28-20-10-6-4-7-11-20/h3-4,6-8,10-11,15-16,19,21-22,27H,2,5,9,12-14,17H2,1H3/b8-3-,16-15+/t19-,21-,22+/m1/s1. The zero-order valence-electron chi connectivity index (χ0n) is 16.4. The molecule has 0 unspecified atom stereocenters. The molecule has 1 aliphatic rings. The highest BCUT2D eigenvalue weighted by atomic mass is 19.3. The third-order valence-corrected chi connectivity index (χ3v) is 5.08. The van der Waals surface area contributed by atoms with E-state index in [1.54, 1.807) is 43.3 Å². The van der Waals surface area contributed by atoms with Gasteiger partial charge in [-0.15, -0.1) is 0 Å². The Kier molecular flexibility index (Phi) is 8.84. The molecule has 28 heavy (non-hydrogen) atoms. The minimum absolute atomic E-state index is 0.0499. The minimum Gasteiger partial charge on any atom is -0.487 e. The number of unbranched alkanes of at least 4 members (excludes halogenated alkanes) is 1. The Morgan fingerprint density at radius 1 is 1.25 bits per heavy atom. The molecule has 1 aliphatic carbocycles. The first-order valence-electron chi connectivity index (χ1n) is 9.95. The number of ether oxygens (including phenoxy) is 1. The van der Waals surface area contributed by atoms with Crippen LogP contribution < -0.4 is 4.74 Å². The number of allylic oxidation sites excluding steroid dienone is 3. The maximum Gasteiger partial charge on any atom is 0.299 e. The van der Waals surface area contributed by atoms with Crippen LogP contribution in [0.3, 0.4) is 0 Å². The van der Waals surface area contributed by atoms with Gasteiger partial charge in [0.25, 0.3) is 5.92 Å². The molecular weight excluding hydrogens is 362 g/mol. The van der Waals surface area contributed by atoms with E-state index >= 15 is 0 Å². The molecule has 1 saturated carbocycles. The molecule has 1 aromatic rings. The van der Waals surface area contributed by atoms with Gasteiger partial charge in [-0.05, 0) is 69.1 Å². The largest absolute Gasteiger partial charge is 0.487 e. The van der Waals surface area contributed by atoms with Crippen LogP contribution in [0.4, 0.5) is 8.78 Å². The summed E-state index contributed by atoms with van der Waals surface area (Å²) in [7, 11) is 0. The topological polar surface area (TPSA) is 46.5 Å². The van der Waals surface area contributed by atoms with E-state index in [0.29, 0.717) is 31.4 Å². The van der Waals surface area contributed by atoms with Gasteiger partial charge in [0.15, 0.2) is 6.61 Å². The molecule has 0 aromatic heterocycles. The normalized spacial score (nSPS) is 22.9. The highest BCUT2D eigenvalue weighted by Gasteiger charge is 2.34. The van der Waals surface area contributed by atoms with Crippen molar-refractivity contribution in [3.8, 4) is 5.75 Å². The fraction of sp³-hybridized carbons (Fsp3) is 0.522. The third kappa shape index (κ3) is 7.93. The molecule has 0 radical (unpaired) electrons. The Morgan fingerprint density at radius 3 is 2.71 bits per heavy atom. The number of hydrogen-bond acceptors (Lipinski definition) is 3. The van der Waals surface area contributed by atoms with Crippen LogP contribution in [-0.2, 0) is 4.79 Å². The van der Waals surface area contributed by atoms with Gasteiger partial charge in [0.2, 0.25) is 0 Å². The van der Waals surface area contributed by atoms with Crippen molar-refractivity contribution in [2.24, 2.45) is 11.8 Å². The van der Waals surface area contributed by atoms with Crippen molar-refractivity contribution >= 4 is 5.78 Å². The van der Waals surface area contributed by atoms with Crippen LogP contribution in [0, 0.1) is 11.8 Å². The number of carbonyl (C=O) groups excluding carboxylic acids is 1. The average molecular weight is 392 g/mol. The summed E-state index contributed by atoms with van der Waals surface area (Å²) in [5.74, 6) is -2.58. The van der Waals surface area contributed by atoms with E-state index in [4.69, 9.17) is 4.74 Å². The van der Waals surface area contributed by atoms with Crippen molar-refractivity contribution in [2.75, 3.05) is 6.61 Å². The minimum atomic E-state index is -3.06. The van der Waals surface area contributed by atoms with E-state index in [1.165, 1.54) is 0 Å². The van der Waals surface area contributed by atoms with Crippen molar-refractivity contribution in [1.82, 2.24) is 0 Å². The van der Waals surface area contributed by atoms with E-state index in [9.17, 15) is 18.7 Å². The summed E-state index contributed by atoms with van der Waals surface area (Å²) >= 11 is 0. The summed E-state index contributed by atoms with van der Waals surface area (Å²) in [5, 5.41) is 10.2. The van der Waals surface area contributed by atoms with Crippen molar-refractivity contribution < 1.29 is 23.4 Å². The van der Waals surface area contributed by atoms with E-state index < -0.39 is 18.6 Å². The molecule has 0 saturated heterocycles. The maximum absolute atomic E-state index is 14.1. The molecule has 1 N–H and O–H groups in total. The number of aliphatic hydroxyl groups is 1. The number of Topliss-reactive ketones (excluding diaryl/α,β-unsaturated/α-hetero) is 1. The van der Waals surface area contributed by atoms with Gasteiger partial charge in [-0.2, -0.15) is 8.78 Å². The quantitative estimate of drug-likeness (QED) is 0.408. The van der Waals surface area contributed by atoms with Crippen LogP contribution in [0.15, 0.2) is 54.6 Å². The van der Waals surface area contributed by atoms with Gasteiger partial charge in [0, 0.05) is 6.42 Å². The molecule has 5 heteroatoms. The predicted molar refractivity (Wildman–Crippen MR) is 107 cm³/mol. The van der Waals surface area contributed by atoms with Gasteiger partial charge in [0.05, 0.1) is 6.10 Å². The molecular formula is C23H30F2O3. The van der Waals surface area contributed by atoms with Crippen LogP contribution in [0.25, 0.3) is 0 Å². The van der Waals surface area contributed by atoms with Crippen molar-refractivity contribution in [3.05, 3.63) is 54.6 Å². The van der Waals surface area contributed by atoms with E-state index in [0.717, 1.165) is 18.9 Å². The number of para-hydroxylation sites is 1. The number of aliphatic hydroxyl groups excluding tert-OH is 1. The monoisotopic (exact) mass is 392 g/mol. The van der Waals surface area contributed by atoms with Gasteiger partial charge in [0.1, 0.15) is 11.5 Å². The van der Waals surface area contributed by atoms with Crippen LogP contribution in [0.5, 0.6) is 5.75 Å². The summed E-state index contributed by atoms with van der Waals surface area (Å²) in [6.07, 6.45) is 10.2. The fourth-order valence-corrected chi connectivity index (χ4v) is 3.50. The second-order valence-electron chi connectivity index (χ2n) is 7.50. The lowest BCUT2D eigenvalue weighted by Crippen LogP contribution is -2.24. The molecule has 0 aliphatic heterocycles. The maximum atomic E-state index is 14.1. The molecule has 1 fully saturated rings. The molecule has 1 aromatic carbocycles. The Morgan fingerprint density at radius 2 is 2.00 bits per heavy atom. The first kappa shape index (κ1) is 22.3. The predicted octanol–water partition coefficient (Wildman–Crippen LogP) is 5.35. The SMILES string of the molecule is CC(=O)CCC/C=C\C[C@H]1[C@@H](O)CC[C@@H]1/C=C/C(F)(F)COc1ccccc1. The highest BCUT2D eigenvalue weighted by Crippen LogP contribution is 2.36. The van der Waals surface area contributed by atoms with Crippen LogP contribution >= 0.6 is 0 Å². The van der Waals surface area contributed by atoms with Crippen LogP contribution in [-0.4, -0.2) is 29.5 Å². The molecule has 154 valence electrons. The fourth-order valence-electron chi connectivity index (χ4n) is 3.50. The summed E-state index contributed by atoms with van der Waals surface area (Å²) in [6, 6.07) is 8.56. The first-order valence-corrected chi connectivity index (χ1v) is 9.95. The van der Waals surface area contributed by atoms with Gasteiger partial charge in [-0.3, -0.25) is 0 Å². The number of alkyl halides is 2. The van der Waals surface area contributed by atoms with Crippen molar-refractivity contribution in [2.45, 2.75) is 57.5 Å². The van der Waals surface area contributed by atoms with Gasteiger partial charge >= 0.3 is 0 Å². The average Bonchev–Trinajstić information content (AvgIpc) is 3.02. The first-order chi connectivity index (χ1) is 13.4. The summed E-state index contributed by atoms with van der Waals surface area (Å²) < 4.78 is 33.4. The van der Waals surface area contributed by atoms with E-state index in [1.807, 2.05) is 12.2 Å². The zero-order chi connectivity index (χ0) is 20.4. The van der Waals surface area contributed by atoms with E-state index in [2.05, 4.69) is 0 Å². The molecule has 3 nitrogen and oxygen atoms in total. The Bertz CT molecular complexity index is 655. The molecule has 0 spiro atoms. The number of hydrogen-bond donors (Lipinski definition) is 1. The number of benzene rings is 1. The second kappa shape index (κ2) is 11.1. The molecule has 0 heterocycles. The Labute approximate surface area is 166 Å². The highest BCUT2D eigenvalue weighted by molar-refractivity contribution is 5.75. The van der Waals surface area contributed by atoms with E-state index in [-0.39, 0.29) is 17.6 Å². The lowest BCUT2D eigenvalue weighted by atomic mass is 9.90. The Hall–Kier alpha value is -2.01. The third-order valence-electron chi connectivity index (χ3n) is 5.08. The molecule has 0 amide bonds. The second-order valence-corrected chi connectivity index (χ2v) is 7.50. The molecule has 2 rings (SSSR count). The van der Waals surface area contributed by atoms with Crippen LogP contribution in [0.2, 0.25) is 0 Å². The summed E-state index contributed by atoms with van der Waals surface area (Å²) in [6.45, 7) is 0.875. The lowest BCUT2D eigenvalue weighted by Gasteiger charge is -2.19. The van der Waals surface area contributed by atoms with Gasteiger partial charge < -0.3 is 14.6 Å².